The van der Waals surface area contributed by atoms with Gasteiger partial charge in [-0.2, -0.15) is 0 Å². The first-order chi connectivity index (χ1) is 8.16. The Labute approximate surface area is 103 Å². The molecule has 1 aliphatic rings. The number of nitrogen functional groups attached to an aromatic ring is 1. The molecule has 0 fully saturated rings. The molecule has 0 bridgehead atoms. The Bertz CT molecular complexity index is 376. The highest BCUT2D eigenvalue weighted by Gasteiger charge is 2.21. The minimum atomic E-state index is 0.312. The van der Waals surface area contributed by atoms with E-state index < -0.39 is 0 Å². The fourth-order valence-corrected chi connectivity index (χ4v) is 2.38. The highest BCUT2D eigenvalue weighted by Crippen LogP contribution is 2.31. The lowest BCUT2D eigenvalue weighted by molar-refractivity contribution is 0.0793. The first-order valence-corrected chi connectivity index (χ1v) is 6.40. The van der Waals surface area contributed by atoms with Crippen molar-refractivity contribution in [3.8, 4) is 0 Å². The summed E-state index contributed by atoms with van der Waals surface area (Å²) in [7, 11) is 0. The molecule has 3 nitrogen and oxygen atoms in total. The first kappa shape index (κ1) is 12.4. The number of aryl methyl sites for hydroxylation is 1. The molecule has 1 aromatic rings. The van der Waals surface area contributed by atoms with Gasteiger partial charge in [-0.25, -0.2) is 0 Å². The minimum Gasteiger partial charge on any atom is -0.399 e. The van der Waals surface area contributed by atoms with Crippen molar-refractivity contribution in [2.24, 2.45) is 0 Å². The lowest BCUT2D eigenvalue weighted by atomic mass is 10.1. The molecule has 1 unspecified atom stereocenters. The molecule has 2 rings (SSSR count). The van der Waals surface area contributed by atoms with E-state index in [0.29, 0.717) is 12.1 Å². The van der Waals surface area contributed by atoms with Gasteiger partial charge in [0.25, 0.3) is 0 Å². The minimum absolute atomic E-state index is 0.312. The number of benzene rings is 1. The maximum atomic E-state index is 5.79. The summed E-state index contributed by atoms with van der Waals surface area (Å²) in [6.45, 7) is 5.81. The SMILES string of the molecule is CC(C)OCCNC1CCc2cc(N)ccc21. The standard InChI is InChI=1S/C14H22N2O/c1-10(2)17-8-7-16-14-6-3-11-9-12(15)4-5-13(11)14/h4-5,9-10,14,16H,3,6-8,15H2,1-2H3. The zero-order valence-electron chi connectivity index (χ0n) is 10.7. The molecular weight excluding hydrogens is 212 g/mol. The molecule has 0 saturated heterocycles. The van der Waals surface area contributed by atoms with Crippen molar-refractivity contribution in [2.75, 3.05) is 18.9 Å². The number of ether oxygens (including phenoxy) is 1. The molecule has 17 heavy (non-hydrogen) atoms. The molecule has 0 radical (unpaired) electrons. The van der Waals surface area contributed by atoms with Crippen molar-refractivity contribution in [3.63, 3.8) is 0 Å². The molecule has 0 aromatic heterocycles. The van der Waals surface area contributed by atoms with E-state index in [2.05, 4.69) is 31.3 Å². The Hall–Kier alpha value is -1.06. The smallest absolute Gasteiger partial charge is 0.0594 e. The Balaban J connectivity index is 1.85. The normalized spacial score (nSPS) is 18.6. The lowest BCUT2D eigenvalue weighted by Crippen LogP contribution is -2.24. The maximum absolute atomic E-state index is 5.79. The van der Waals surface area contributed by atoms with Gasteiger partial charge in [0.15, 0.2) is 0 Å². The van der Waals surface area contributed by atoms with Crippen molar-refractivity contribution < 1.29 is 4.74 Å². The maximum Gasteiger partial charge on any atom is 0.0594 e. The van der Waals surface area contributed by atoms with Crippen molar-refractivity contribution >= 4 is 5.69 Å². The third-order valence-electron chi connectivity index (χ3n) is 3.19. The molecule has 94 valence electrons. The van der Waals surface area contributed by atoms with Gasteiger partial charge >= 0.3 is 0 Å². The van der Waals surface area contributed by atoms with Crippen LogP contribution in [0.2, 0.25) is 0 Å². The predicted octanol–water partition coefficient (Wildman–Crippen LogP) is 2.27. The molecule has 1 aliphatic carbocycles. The number of nitrogens with one attached hydrogen (secondary N) is 1. The van der Waals surface area contributed by atoms with E-state index in [-0.39, 0.29) is 0 Å². The van der Waals surface area contributed by atoms with E-state index in [4.69, 9.17) is 10.5 Å². The summed E-state index contributed by atoms with van der Waals surface area (Å²) in [5.41, 5.74) is 9.46. The summed E-state index contributed by atoms with van der Waals surface area (Å²) in [4.78, 5) is 0. The Morgan fingerprint density at radius 1 is 1.47 bits per heavy atom. The topological polar surface area (TPSA) is 47.3 Å². The van der Waals surface area contributed by atoms with Crippen LogP contribution in [0.1, 0.15) is 37.4 Å². The average Bonchev–Trinajstić information content (AvgIpc) is 2.66. The van der Waals surface area contributed by atoms with E-state index in [0.717, 1.165) is 25.3 Å². The van der Waals surface area contributed by atoms with Gasteiger partial charge in [0.1, 0.15) is 0 Å². The summed E-state index contributed by atoms with van der Waals surface area (Å²) in [6.07, 6.45) is 2.61. The second-order valence-corrected chi connectivity index (χ2v) is 4.92. The summed E-state index contributed by atoms with van der Waals surface area (Å²) in [6, 6.07) is 6.71. The fourth-order valence-electron chi connectivity index (χ4n) is 2.38. The van der Waals surface area contributed by atoms with Crippen molar-refractivity contribution in [1.29, 1.82) is 0 Å². The Kier molecular flexibility index (Phi) is 4.02. The summed E-state index contributed by atoms with van der Waals surface area (Å²) < 4.78 is 5.53. The van der Waals surface area contributed by atoms with Gasteiger partial charge in [-0.15, -0.1) is 0 Å². The fraction of sp³-hybridized carbons (Fsp3) is 0.571. The van der Waals surface area contributed by atoms with E-state index in [1.54, 1.807) is 0 Å². The van der Waals surface area contributed by atoms with Crippen LogP contribution in [0.4, 0.5) is 5.69 Å². The summed E-state index contributed by atoms with van der Waals surface area (Å²) >= 11 is 0. The van der Waals surface area contributed by atoms with Gasteiger partial charge in [-0.3, -0.25) is 0 Å². The van der Waals surface area contributed by atoms with E-state index in [9.17, 15) is 0 Å². The molecule has 0 aliphatic heterocycles. The zero-order valence-corrected chi connectivity index (χ0v) is 10.7. The van der Waals surface area contributed by atoms with Crippen LogP contribution < -0.4 is 11.1 Å². The van der Waals surface area contributed by atoms with Gasteiger partial charge in [0, 0.05) is 18.3 Å². The quantitative estimate of drug-likeness (QED) is 0.607. The van der Waals surface area contributed by atoms with Crippen molar-refractivity contribution in [1.82, 2.24) is 5.32 Å². The largest absolute Gasteiger partial charge is 0.399 e. The summed E-state index contributed by atoms with van der Waals surface area (Å²) in [5.74, 6) is 0. The summed E-state index contributed by atoms with van der Waals surface area (Å²) in [5, 5.41) is 3.55. The number of rotatable bonds is 5. The molecule has 3 heteroatoms. The second kappa shape index (κ2) is 5.52. The van der Waals surface area contributed by atoms with Crippen LogP contribution in [0, 0.1) is 0 Å². The van der Waals surface area contributed by atoms with E-state index in [1.807, 2.05) is 6.07 Å². The third-order valence-corrected chi connectivity index (χ3v) is 3.19. The number of hydrogen-bond acceptors (Lipinski definition) is 3. The van der Waals surface area contributed by atoms with Crippen molar-refractivity contribution in [2.45, 2.75) is 38.8 Å². The van der Waals surface area contributed by atoms with Gasteiger partial charge in [0.05, 0.1) is 12.7 Å². The Morgan fingerprint density at radius 2 is 2.29 bits per heavy atom. The molecule has 0 amide bonds. The highest BCUT2D eigenvalue weighted by molar-refractivity contribution is 5.47. The number of anilines is 1. The number of hydrogen-bond donors (Lipinski definition) is 2. The molecule has 0 heterocycles. The predicted molar refractivity (Wildman–Crippen MR) is 71.0 cm³/mol. The van der Waals surface area contributed by atoms with Gasteiger partial charge in [-0.1, -0.05) is 6.07 Å². The lowest BCUT2D eigenvalue weighted by Gasteiger charge is -2.15. The molecule has 0 saturated carbocycles. The second-order valence-electron chi connectivity index (χ2n) is 4.92. The van der Waals surface area contributed by atoms with Crippen LogP contribution in [0.15, 0.2) is 18.2 Å². The van der Waals surface area contributed by atoms with E-state index >= 15 is 0 Å². The first-order valence-electron chi connectivity index (χ1n) is 6.40. The zero-order chi connectivity index (χ0) is 12.3. The van der Waals surface area contributed by atoms with Crippen LogP contribution in [-0.2, 0) is 11.2 Å². The monoisotopic (exact) mass is 234 g/mol. The molecular formula is C14H22N2O. The van der Waals surface area contributed by atoms with Crippen molar-refractivity contribution in [3.05, 3.63) is 29.3 Å². The van der Waals surface area contributed by atoms with Crippen LogP contribution >= 0.6 is 0 Å². The Morgan fingerprint density at radius 3 is 3.06 bits per heavy atom. The van der Waals surface area contributed by atoms with Crippen LogP contribution in [0.5, 0.6) is 0 Å². The van der Waals surface area contributed by atoms with Crippen LogP contribution in [0.25, 0.3) is 0 Å². The third kappa shape index (κ3) is 3.20. The number of fused-ring (bicyclic) bond motifs is 1. The van der Waals surface area contributed by atoms with Crippen LogP contribution in [0.3, 0.4) is 0 Å². The van der Waals surface area contributed by atoms with Gasteiger partial charge in [-0.05, 0) is 49.9 Å². The molecule has 3 N–H and O–H groups in total. The highest BCUT2D eigenvalue weighted by atomic mass is 16.5. The van der Waals surface area contributed by atoms with Crippen LogP contribution in [-0.4, -0.2) is 19.3 Å². The van der Waals surface area contributed by atoms with Gasteiger partial charge < -0.3 is 15.8 Å². The number of nitrogens with two attached hydrogens (primary N) is 1. The van der Waals surface area contributed by atoms with E-state index in [1.165, 1.54) is 17.5 Å². The molecule has 1 aromatic carbocycles. The average molecular weight is 234 g/mol. The molecule has 0 spiro atoms. The van der Waals surface area contributed by atoms with Gasteiger partial charge in [0.2, 0.25) is 0 Å². The molecule has 1 atom stereocenters.